The third kappa shape index (κ3) is 5.92. The van der Waals surface area contributed by atoms with Crippen molar-refractivity contribution in [2.45, 2.75) is 32.9 Å². The topological polar surface area (TPSA) is 137 Å². The Balaban J connectivity index is 1.70. The zero-order chi connectivity index (χ0) is 31.4. The van der Waals surface area contributed by atoms with E-state index in [-0.39, 0.29) is 5.41 Å². The number of anilines is 2. The SMILES string of the molecule is COc1nccc2c([C@H](Nc3cc(C#N)c4ncc(C#N)c(NCC(C)(C)C)c4c3)c3cn(C(CF)CF)nn3)cccc12. The number of ether oxygens (including phenoxy) is 1. The summed E-state index contributed by atoms with van der Waals surface area (Å²) in [4.78, 5) is 8.75. The molecule has 0 unspecified atom stereocenters. The van der Waals surface area contributed by atoms with Crippen LogP contribution in [0.4, 0.5) is 20.2 Å². The molecular weight excluding hydrogens is 564 g/mol. The number of alkyl halides is 2. The molecule has 0 fully saturated rings. The van der Waals surface area contributed by atoms with Gasteiger partial charge in [-0.25, -0.2) is 18.4 Å². The molecule has 3 aromatic heterocycles. The first-order valence-electron chi connectivity index (χ1n) is 13.9. The van der Waals surface area contributed by atoms with E-state index in [0.29, 0.717) is 51.5 Å². The van der Waals surface area contributed by atoms with Crippen LogP contribution in [0.2, 0.25) is 0 Å². The van der Waals surface area contributed by atoms with Gasteiger partial charge in [0.25, 0.3) is 0 Å². The molecule has 0 aliphatic carbocycles. The van der Waals surface area contributed by atoms with Gasteiger partial charge in [0.05, 0.1) is 41.7 Å². The molecule has 5 aromatic rings. The maximum absolute atomic E-state index is 13.6. The number of nitrogens with zero attached hydrogens (tertiary/aromatic N) is 7. The third-order valence-corrected chi connectivity index (χ3v) is 7.18. The second kappa shape index (κ2) is 12.5. The maximum atomic E-state index is 13.6. The Morgan fingerprint density at radius 3 is 2.45 bits per heavy atom. The van der Waals surface area contributed by atoms with Crippen LogP contribution in [0.25, 0.3) is 21.7 Å². The van der Waals surface area contributed by atoms with Crippen LogP contribution in [0.15, 0.2) is 55.0 Å². The minimum absolute atomic E-state index is 0.0888. The summed E-state index contributed by atoms with van der Waals surface area (Å²) in [6.07, 6.45) is 4.61. The fourth-order valence-corrected chi connectivity index (χ4v) is 4.98. The summed E-state index contributed by atoms with van der Waals surface area (Å²) in [7, 11) is 1.54. The second-order valence-electron chi connectivity index (χ2n) is 11.5. The van der Waals surface area contributed by atoms with Crippen molar-refractivity contribution in [3.05, 3.63) is 77.4 Å². The van der Waals surface area contributed by atoms with E-state index in [1.807, 2.05) is 30.3 Å². The Hall–Kier alpha value is -5.36. The zero-order valence-corrected chi connectivity index (χ0v) is 24.8. The molecule has 44 heavy (non-hydrogen) atoms. The van der Waals surface area contributed by atoms with E-state index in [1.165, 1.54) is 24.2 Å². The largest absolute Gasteiger partial charge is 0.481 e. The minimum atomic E-state index is -1.11. The number of hydrogen-bond donors (Lipinski definition) is 2. The predicted molar refractivity (Wildman–Crippen MR) is 164 cm³/mol. The first-order valence-corrected chi connectivity index (χ1v) is 13.9. The third-order valence-electron chi connectivity index (χ3n) is 7.18. The van der Waals surface area contributed by atoms with Crippen LogP contribution < -0.4 is 15.4 Å². The quantitative estimate of drug-likeness (QED) is 0.191. The monoisotopic (exact) mass is 595 g/mol. The minimum Gasteiger partial charge on any atom is -0.481 e. The van der Waals surface area contributed by atoms with Crippen molar-refractivity contribution in [3.8, 4) is 18.0 Å². The number of pyridine rings is 2. The van der Waals surface area contributed by atoms with E-state index < -0.39 is 25.4 Å². The van der Waals surface area contributed by atoms with Crippen molar-refractivity contribution >= 4 is 33.1 Å². The first-order chi connectivity index (χ1) is 21.2. The fraction of sp³-hybridized carbons (Fsp3) is 0.312. The highest BCUT2D eigenvalue weighted by Gasteiger charge is 2.24. The van der Waals surface area contributed by atoms with Gasteiger partial charge in [-0.2, -0.15) is 10.5 Å². The molecule has 3 heterocycles. The summed E-state index contributed by atoms with van der Waals surface area (Å²) < 4.78 is 33.8. The summed E-state index contributed by atoms with van der Waals surface area (Å²) in [6, 6.07) is 13.6. The average Bonchev–Trinajstić information content (AvgIpc) is 3.51. The molecule has 0 saturated heterocycles. The molecular formula is C32H31F2N9O. The molecule has 224 valence electrons. The van der Waals surface area contributed by atoms with Gasteiger partial charge in [-0.1, -0.05) is 38.1 Å². The average molecular weight is 596 g/mol. The smallest absolute Gasteiger partial charge is 0.221 e. The molecule has 1 atom stereocenters. The molecule has 0 radical (unpaired) electrons. The molecule has 0 saturated carbocycles. The molecule has 0 spiro atoms. The van der Waals surface area contributed by atoms with Gasteiger partial charge in [0, 0.05) is 35.4 Å². The van der Waals surface area contributed by atoms with Crippen molar-refractivity contribution in [1.29, 1.82) is 10.5 Å². The van der Waals surface area contributed by atoms with Crippen LogP contribution in [0.5, 0.6) is 5.88 Å². The van der Waals surface area contributed by atoms with Crippen LogP contribution in [-0.2, 0) is 0 Å². The number of aromatic nitrogens is 5. The van der Waals surface area contributed by atoms with Crippen molar-refractivity contribution in [1.82, 2.24) is 25.0 Å². The van der Waals surface area contributed by atoms with Gasteiger partial charge in [0.15, 0.2) is 0 Å². The number of rotatable bonds is 10. The Labute approximate surface area is 253 Å². The molecule has 2 aromatic carbocycles. The predicted octanol–water partition coefficient (Wildman–Crippen LogP) is 6.27. The summed E-state index contributed by atoms with van der Waals surface area (Å²) in [5.74, 6) is 0.434. The highest BCUT2D eigenvalue weighted by molar-refractivity contribution is 5.99. The summed E-state index contributed by atoms with van der Waals surface area (Å²) in [5, 5.41) is 37.3. The van der Waals surface area contributed by atoms with Gasteiger partial charge in [-0.15, -0.1) is 5.10 Å². The number of fused-ring (bicyclic) bond motifs is 2. The van der Waals surface area contributed by atoms with Gasteiger partial charge in [-0.05, 0) is 40.6 Å². The van der Waals surface area contributed by atoms with Crippen LogP contribution in [0.1, 0.15) is 55.2 Å². The number of hydrogen-bond acceptors (Lipinski definition) is 9. The Bertz CT molecular complexity index is 1900. The summed E-state index contributed by atoms with van der Waals surface area (Å²) in [5.41, 5.74) is 3.28. The number of benzene rings is 2. The van der Waals surface area contributed by atoms with Crippen molar-refractivity contribution in [2.75, 3.05) is 37.6 Å². The number of halogens is 2. The first kappa shape index (κ1) is 30.1. The van der Waals surface area contributed by atoms with E-state index in [1.54, 1.807) is 12.3 Å². The molecule has 10 nitrogen and oxygen atoms in total. The molecule has 0 aliphatic rings. The zero-order valence-electron chi connectivity index (χ0n) is 24.8. The van der Waals surface area contributed by atoms with Crippen molar-refractivity contribution in [2.24, 2.45) is 5.41 Å². The number of nitriles is 2. The number of nitrogens with one attached hydrogen (secondary N) is 2. The summed E-state index contributed by atoms with van der Waals surface area (Å²) in [6.45, 7) is 4.92. The molecule has 0 aliphatic heterocycles. The highest BCUT2D eigenvalue weighted by atomic mass is 19.1. The van der Waals surface area contributed by atoms with Crippen LogP contribution in [-0.4, -0.2) is 52.0 Å². The Morgan fingerprint density at radius 2 is 1.77 bits per heavy atom. The lowest BCUT2D eigenvalue weighted by molar-refractivity contribution is 0.269. The maximum Gasteiger partial charge on any atom is 0.221 e. The van der Waals surface area contributed by atoms with Gasteiger partial charge in [0.2, 0.25) is 5.88 Å². The van der Waals surface area contributed by atoms with Gasteiger partial charge in [-0.3, -0.25) is 4.98 Å². The van der Waals surface area contributed by atoms with Crippen molar-refractivity contribution in [3.63, 3.8) is 0 Å². The van der Waals surface area contributed by atoms with E-state index in [9.17, 15) is 19.3 Å². The second-order valence-corrected chi connectivity index (χ2v) is 11.5. The van der Waals surface area contributed by atoms with Crippen LogP contribution in [0.3, 0.4) is 0 Å². The fourth-order valence-electron chi connectivity index (χ4n) is 4.98. The van der Waals surface area contributed by atoms with E-state index in [4.69, 9.17) is 4.74 Å². The molecule has 12 heteroatoms. The highest BCUT2D eigenvalue weighted by Crippen LogP contribution is 2.37. The lowest BCUT2D eigenvalue weighted by Crippen LogP contribution is -2.20. The summed E-state index contributed by atoms with van der Waals surface area (Å²) >= 11 is 0. The van der Waals surface area contributed by atoms with Crippen molar-refractivity contribution < 1.29 is 13.5 Å². The molecule has 0 bridgehead atoms. The number of methoxy groups -OCH3 is 1. The van der Waals surface area contributed by atoms with Crippen LogP contribution >= 0.6 is 0 Å². The standard InChI is InChI=1S/C32H31F2N9O/c1-32(2,3)18-39-29-20(15-36)16-38-28-19(14-35)10-21(11-26(28)29)40-30(27-17-43(42-41-27)22(12-33)13-34)24-6-5-7-25-23(24)8-9-37-31(25)44-4/h5-11,16-17,22,30,40H,12-13,18H2,1-4H3,(H,38,39)/t30-/m0/s1. The van der Waals surface area contributed by atoms with Gasteiger partial charge < -0.3 is 15.4 Å². The lowest BCUT2D eigenvalue weighted by Gasteiger charge is -2.23. The van der Waals surface area contributed by atoms with Gasteiger partial charge >= 0.3 is 0 Å². The normalized spacial score (nSPS) is 12.2. The molecule has 2 N–H and O–H groups in total. The Kier molecular flexibility index (Phi) is 8.54. The molecule has 5 rings (SSSR count). The lowest BCUT2D eigenvalue weighted by atomic mass is 9.96. The van der Waals surface area contributed by atoms with Crippen LogP contribution in [0, 0.1) is 28.1 Å². The Morgan fingerprint density at radius 1 is 1.00 bits per heavy atom. The van der Waals surface area contributed by atoms with E-state index in [0.717, 1.165) is 16.3 Å². The molecule has 0 amide bonds. The van der Waals surface area contributed by atoms with E-state index in [2.05, 4.69) is 63.8 Å². The van der Waals surface area contributed by atoms with E-state index >= 15 is 0 Å². The van der Waals surface area contributed by atoms with Gasteiger partial charge in [0.1, 0.15) is 37.2 Å².